The normalized spacial score (nSPS) is 20.5. The minimum atomic E-state index is -0.429. The number of amides is 1. The van der Waals surface area contributed by atoms with Gasteiger partial charge in [-0.05, 0) is 30.5 Å². The first kappa shape index (κ1) is 17.5. The SMILES string of the molecule is Cn1cc(C2CN(C(=O)C3(c4ccc(Cl)cc4)CCC3)Cc3[nH]cnc32)cn1. The van der Waals surface area contributed by atoms with Crippen molar-refractivity contribution in [2.45, 2.75) is 37.1 Å². The monoisotopic (exact) mass is 395 g/mol. The summed E-state index contributed by atoms with van der Waals surface area (Å²) < 4.78 is 1.80. The number of aryl methyl sites for hydroxylation is 1. The van der Waals surface area contributed by atoms with Crippen molar-refractivity contribution < 1.29 is 4.79 Å². The number of carbonyl (C=O) groups is 1. The van der Waals surface area contributed by atoms with Crippen LogP contribution in [0.2, 0.25) is 5.02 Å². The molecule has 1 N–H and O–H groups in total. The maximum Gasteiger partial charge on any atom is 0.233 e. The summed E-state index contributed by atoms with van der Waals surface area (Å²) in [6.45, 7) is 1.19. The van der Waals surface area contributed by atoms with E-state index < -0.39 is 5.41 Å². The Morgan fingerprint density at radius 1 is 1.29 bits per heavy atom. The zero-order chi connectivity index (χ0) is 19.3. The molecule has 3 aromatic rings. The summed E-state index contributed by atoms with van der Waals surface area (Å²) in [5.74, 6) is 0.241. The summed E-state index contributed by atoms with van der Waals surface area (Å²) in [7, 11) is 1.91. The predicted octanol–water partition coefficient (Wildman–Crippen LogP) is 3.39. The minimum Gasteiger partial charge on any atom is -0.347 e. The number of rotatable bonds is 3. The third-order valence-electron chi connectivity index (χ3n) is 6.26. The van der Waals surface area contributed by atoms with Crippen molar-refractivity contribution in [2.75, 3.05) is 6.54 Å². The Hall–Kier alpha value is -2.60. The van der Waals surface area contributed by atoms with Crippen molar-refractivity contribution in [3.05, 3.63) is 70.5 Å². The van der Waals surface area contributed by atoms with E-state index in [9.17, 15) is 4.79 Å². The first-order valence-electron chi connectivity index (χ1n) is 9.63. The molecule has 0 bridgehead atoms. The fourth-order valence-electron chi connectivity index (χ4n) is 4.59. The molecule has 0 radical (unpaired) electrons. The van der Waals surface area contributed by atoms with E-state index in [-0.39, 0.29) is 11.8 Å². The molecule has 7 heteroatoms. The summed E-state index contributed by atoms with van der Waals surface area (Å²) in [5, 5.41) is 5.01. The van der Waals surface area contributed by atoms with Gasteiger partial charge in [-0.2, -0.15) is 5.10 Å². The van der Waals surface area contributed by atoms with E-state index >= 15 is 0 Å². The fraction of sp³-hybridized carbons (Fsp3) is 0.381. The second-order valence-corrected chi connectivity index (χ2v) is 8.33. The van der Waals surface area contributed by atoms with Gasteiger partial charge in [-0.15, -0.1) is 0 Å². The van der Waals surface area contributed by atoms with Crippen molar-refractivity contribution in [1.82, 2.24) is 24.6 Å². The maximum atomic E-state index is 13.7. The number of halogens is 1. The number of nitrogens with zero attached hydrogens (tertiary/aromatic N) is 4. The lowest BCUT2D eigenvalue weighted by Crippen LogP contribution is -2.52. The first-order chi connectivity index (χ1) is 13.6. The minimum absolute atomic E-state index is 0.0370. The van der Waals surface area contributed by atoms with Gasteiger partial charge in [0.05, 0.1) is 35.9 Å². The molecule has 2 aromatic heterocycles. The molecule has 28 heavy (non-hydrogen) atoms. The number of hydrogen-bond donors (Lipinski definition) is 1. The van der Waals surface area contributed by atoms with Crippen LogP contribution < -0.4 is 0 Å². The van der Waals surface area contributed by atoms with E-state index in [0.29, 0.717) is 18.1 Å². The summed E-state index contributed by atoms with van der Waals surface area (Å²) in [4.78, 5) is 23.5. The van der Waals surface area contributed by atoms with Gasteiger partial charge in [-0.25, -0.2) is 4.98 Å². The van der Waals surface area contributed by atoms with Gasteiger partial charge >= 0.3 is 0 Å². The summed E-state index contributed by atoms with van der Waals surface area (Å²) >= 11 is 6.07. The topological polar surface area (TPSA) is 66.8 Å². The first-order valence-corrected chi connectivity index (χ1v) is 10.0. The molecule has 1 saturated carbocycles. The third-order valence-corrected chi connectivity index (χ3v) is 6.51. The highest BCUT2D eigenvalue weighted by Crippen LogP contribution is 2.46. The van der Waals surface area contributed by atoms with Crippen molar-refractivity contribution in [2.24, 2.45) is 7.05 Å². The lowest BCUT2D eigenvalue weighted by Gasteiger charge is -2.45. The van der Waals surface area contributed by atoms with Crippen LogP contribution in [-0.2, 0) is 23.8 Å². The number of aromatic nitrogens is 4. The second kappa shape index (κ2) is 6.48. The van der Waals surface area contributed by atoms with E-state index in [1.807, 2.05) is 48.6 Å². The number of aromatic amines is 1. The van der Waals surface area contributed by atoms with Crippen LogP contribution in [0.3, 0.4) is 0 Å². The molecule has 1 aromatic carbocycles. The second-order valence-electron chi connectivity index (χ2n) is 7.89. The quantitative estimate of drug-likeness (QED) is 0.739. The van der Waals surface area contributed by atoms with Gasteiger partial charge in [0.1, 0.15) is 0 Å². The largest absolute Gasteiger partial charge is 0.347 e. The fourth-order valence-corrected chi connectivity index (χ4v) is 4.71. The highest BCUT2D eigenvalue weighted by Gasteiger charge is 2.49. The highest BCUT2D eigenvalue weighted by atomic mass is 35.5. The standard InChI is InChI=1S/C21H22ClN5O/c1-26-10-14(9-25-26)17-11-27(12-18-19(17)24-13-23-18)20(28)21(7-2-8-21)15-3-5-16(22)6-4-15/h3-6,9-10,13,17H,2,7-8,11-12H2,1H3,(H,23,24). The summed E-state index contributed by atoms with van der Waals surface area (Å²) in [5.41, 5.74) is 3.76. The van der Waals surface area contributed by atoms with E-state index in [0.717, 1.165) is 41.8 Å². The van der Waals surface area contributed by atoms with Gasteiger partial charge in [0, 0.05) is 36.3 Å². The Morgan fingerprint density at radius 3 is 2.71 bits per heavy atom. The van der Waals surface area contributed by atoms with Gasteiger partial charge in [-0.3, -0.25) is 9.48 Å². The zero-order valence-corrected chi connectivity index (χ0v) is 16.5. The number of hydrogen-bond acceptors (Lipinski definition) is 3. The van der Waals surface area contributed by atoms with E-state index in [1.54, 1.807) is 11.0 Å². The molecule has 1 aliphatic carbocycles. The molecular weight excluding hydrogens is 374 g/mol. The molecule has 5 rings (SSSR count). The molecule has 1 amide bonds. The van der Waals surface area contributed by atoms with E-state index in [1.165, 1.54) is 0 Å². The number of carbonyl (C=O) groups excluding carboxylic acids is 1. The van der Waals surface area contributed by atoms with Crippen molar-refractivity contribution in [3.8, 4) is 0 Å². The molecular formula is C21H22ClN5O. The van der Waals surface area contributed by atoms with Gasteiger partial charge in [-0.1, -0.05) is 30.2 Å². The molecule has 6 nitrogen and oxygen atoms in total. The Bertz CT molecular complexity index is 1020. The van der Waals surface area contributed by atoms with Crippen LogP contribution >= 0.6 is 11.6 Å². The molecule has 1 unspecified atom stereocenters. The van der Waals surface area contributed by atoms with Gasteiger partial charge in [0.25, 0.3) is 0 Å². The Morgan fingerprint density at radius 2 is 2.07 bits per heavy atom. The number of nitrogens with one attached hydrogen (secondary N) is 1. The van der Waals surface area contributed by atoms with Gasteiger partial charge in [0.15, 0.2) is 0 Å². The van der Waals surface area contributed by atoms with Crippen molar-refractivity contribution >= 4 is 17.5 Å². The average Bonchev–Trinajstić information content (AvgIpc) is 3.30. The summed E-state index contributed by atoms with van der Waals surface area (Å²) in [6.07, 6.45) is 8.45. The van der Waals surface area contributed by atoms with Crippen LogP contribution in [-0.4, -0.2) is 37.1 Å². The van der Waals surface area contributed by atoms with E-state index in [2.05, 4.69) is 15.1 Å². The zero-order valence-electron chi connectivity index (χ0n) is 15.7. The Kier molecular flexibility index (Phi) is 4.05. The number of H-pyrrole nitrogens is 1. The smallest absolute Gasteiger partial charge is 0.233 e. The van der Waals surface area contributed by atoms with Crippen LogP contribution in [0.5, 0.6) is 0 Å². The average molecular weight is 396 g/mol. The summed E-state index contributed by atoms with van der Waals surface area (Å²) in [6, 6.07) is 7.77. The van der Waals surface area contributed by atoms with Crippen molar-refractivity contribution in [3.63, 3.8) is 0 Å². The predicted molar refractivity (Wildman–Crippen MR) is 106 cm³/mol. The molecule has 0 spiro atoms. The van der Waals surface area contributed by atoms with Crippen LogP contribution in [0.15, 0.2) is 43.0 Å². The molecule has 0 saturated heterocycles. The van der Waals surface area contributed by atoms with Gasteiger partial charge in [0.2, 0.25) is 5.91 Å². The number of imidazole rings is 1. The van der Waals surface area contributed by atoms with Crippen LogP contribution in [0.1, 0.15) is 47.7 Å². The highest BCUT2D eigenvalue weighted by molar-refractivity contribution is 6.30. The lowest BCUT2D eigenvalue weighted by molar-refractivity contribution is -0.142. The third kappa shape index (κ3) is 2.66. The molecule has 2 aliphatic rings. The molecule has 1 atom stereocenters. The molecule has 3 heterocycles. The molecule has 144 valence electrons. The van der Waals surface area contributed by atoms with Crippen LogP contribution in [0.25, 0.3) is 0 Å². The number of fused-ring (bicyclic) bond motifs is 1. The van der Waals surface area contributed by atoms with E-state index in [4.69, 9.17) is 11.6 Å². The van der Waals surface area contributed by atoms with Crippen molar-refractivity contribution in [1.29, 1.82) is 0 Å². The maximum absolute atomic E-state index is 13.7. The lowest BCUT2D eigenvalue weighted by atomic mass is 9.63. The Balaban J connectivity index is 1.49. The van der Waals surface area contributed by atoms with Crippen LogP contribution in [0.4, 0.5) is 0 Å². The molecule has 1 aliphatic heterocycles. The Labute approximate surface area is 168 Å². The number of benzene rings is 1. The van der Waals surface area contributed by atoms with Crippen LogP contribution in [0, 0.1) is 0 Å². The van der Waals surface area contributed by atoms with Gasteiger partial charge < -0.3 is 9.88 Å². The molecule has 1 fully saturated rings.